The van der Waals surface area contributed by atoms with Crippen LogP contribution in [-0.2, 0) is 24.1 Å². The van der Waals surface area contributed by atoms with Gasteiger partial charge in [-0.1, -0.05) is 17.7 Å². The minimum Gasteiger partial charge on any atom is -0.342 e. The Labute approximate surface area is 202 Å². The van der Waals surface area contributed by atoms with Crippen LogP contribution in [0.3, 0.4) is 0 Å². The zero-order valence-electron chi connectivity index (χ0n) is 17.8. The lowest BCUT2D eigenvalue weighted by atomic mass is 9.76. The Hall–Kier alpha value is -2.24. The number of nitrogens with zero attached hydrogens (tertiary/aromatic N) is 3. The fraction of sp³-hybridized carbons (Fsp3) is 0.346. The van der Waals surface area contributed by atoms with Crippen LogP contribution < -0.4 is 0 Å². The molecule has 3 aromatic rings. The van der Waals surface area contributed by atoms with Gasteiger partial charge in [0.05, 0.1) is 12.1 Å². The van der Waals surface area contributed by atoms with Crippen LogP contribution in [0.15, 0.2) is 59.5 Å². The molecule has 3 heterocycles. The Morgan fingerprint density at radius 2 is 1.81 bits per heavy atom. The molecule has 0 N–H and O–H groups in total. The number of aryl methyl sites for hydroxylation is 2. The van der Waals surface area contributed by atoms with Crippen LogP contribution in [0.2, 0.25) is 5.02 Å². The van der Waals surface area contributed by atoms with Crippen molar-refractivity contribution in [2.45, 2.75) is 38.0 Å². The van der Waals surface area contributed by atoms with Crippen LogP contribution in [0.25, 0.3) is 0 Å². The lowest BCUT2D eigenvalue weighted by Crippen LogP contribution is -2.40. The van der Waals surface area contributed by atoms with Crippen LogP contribution in [0.5, 0.6) is 0 Å². The van der Waals surface area contributed by atoms with Gasteiger partial charge in [0.25, 0.3) is 0 Å². The van der Waals surface area contributed by atoms with Crippen molar-refractivity contribution in [3.63, 3.8) is 0 Å². The molecule has 0 bridgehead atoms. The third-order valence-electron chi connectivity index (χ3n) is 6.83. The molecule has 6 heteroatoms. The van der Waals surface area contributed by atoms with Gasteiger partial charge in [-0.25, -0.2) is 0 Å². The number of benzene rings is 1. The maximum absolute atomic E-state index is 12.9. The van der Waals surface area contributed by atoms with Crippen molar-refractivity contribution in [2.75, 3.05) is 13.1 Å². The van der Waals surface area contributed by atoms with Gasteiger partial charge >= 0.3 is 0 Å². The monoisotopic (exact) mass is 509 g/mol. The Kier molecular flexibility index (Phi) is 6.29. The number of hydrogen-bond donors (Lipinski definition) is 0. The molecule has 1 saturated heterocycles. The minimum absolute atomic E-state index is 0.199. The number of piperidine rings is 1. The molecule has 164 valence electrons. The summed E-state index contributed by atoms with van der Waals surface area (Å²) < 4.78 is 1.02. The summed E-state index contributed by atoms with van der Waals surface area (Å²) in [4.78, 5) is 23.8. The van der Waals surface area contributed by atoms with Crippen molar-refractivity contribution in [2.24, 2.45) is 5.92 Å². The zero-order chi connectivity index (χ0) is 22.1. The van der Waals surface area contributed by atoms with E-state index >= 15 is 0 Å². The first-order valence-electron chi connectivity index (χ1n) is 11.2. The molecule has 2 aromatic heterocycles. The highest BCUT2D eigenvalue weighted by Crippen LogP contribution is 2.43. The zero-order valence-corrected chi connectivity index (χ0v) is 20.1. The van der Waals surface area contributed by atoms with Gasteiger partial charge in [0.2, 0.25) is 5.91 Å². The van der Waals surface area contributed by atoms with Gasteiger partial charge in [0, 0.05) is 47.1 Å². The molecule has 1 atom stereocenters. The van der Waals surface area contributed by atoms with Crippen molar-refractivity contribution < 1.29 is 4.79 Å². The Morgan fingerprint density at radius 3 is 2.59 bits per heavy atom. The number of carbonyl (C=O) groups is 1. The van der Waals surface area contributed by atoms with E-state index in [0.29, 0.717) is 12.3 Å². The van der Waals surface area contributed by atoms with E-state index in [4.69, 9.17) is 16.6 Å². The van der Waals surface area contributed by atoms with Gasteiger partial charge in [-0.2, -0.15) is 0 Å². The molecule has 5 rings (SSSR count). The summed E-state index contributed by atoms with van der Waals surface area (Å²) in [6.07, 6.45) is 9.74. The molecule has 1 amide bonds. The first-order chi connectivity index (χ1) is 15.6. The molecular weight excluding hydrogens is 486 g/mol. The van der Waals surface area contributed by atoms with E-state index in [1.165, 1.54) is 22.4 Å². The second kappa shape index (κ2) is 9.32. The third-order valence-corrected chi connectivity index (χ3v) is 7.50. The fourth-order valence-electron chi connectivity index (χ4n) is 5.23. The van der Waals surface area contributed by atoms with E-state index in [2.05, 4.69) is 39.1 Å². The highest BCUT2D eigenvalue weighted by Gasteiger charge is 2.35. The maximum Gasteiger partial charge on any atom is 0.226 e. The lowest BCUT2D eigenvalue weighted by molar-refractivity contribution is -0.131. The molecule has 2 aliphatic rings. The molecule has 32 heavy (non-hydrogen) atoms. The number of pyridine rings is 2. The van der Waals surface area contributed by atoms with Crippen molar-refractivity contribution in [1.29, 1.82) is 0 Å². The first kappa shape index (κ1) is 21.6. The van der Waals surface area contributed by atoms with Gasteiger partial charge in [-0.15, -0.1) is 0 Å². The van der Waals surface area contributed by atoms with E-state index in [1.54, 1.807) is 12.4 Å². The average Bonchev–Trinajstić information content (AvgIpc) is 2.96. The number of amides is 1. The number of halogens is 2. The second-order valence-electron chi connectivity index (χ2n) is 8.77. The quantitative estimate of drug-likeness (QED) is 0.460. The largest absolute Gasteiger partial charge is 0.342 e. The fourth-order valence-corrected chi connectivity index (χ4v) is 5.80. The van der Waals surface area contributed by atoms with E-state index in [1.807, 2.05) is 29.3 Å². The average molecular weight is 511 g/mol. The molecule has 1 unspecified atom stereocenters. The summed E-state index contributed by atoms with van der Waals surface area (Å²) in [6.45, 7) is 1.58. The smallest absolute Gasteiger partial charge is 0.226 e. The molecule has 1 aliphatic carbocycles. The number of hydrogen-bond acceptors (Lipinski definition) is 3. The van der Waals surface area contributed by atoms with Gasteiger partial charge in [0.1, 0.15) is 0 Å². The third kappa shape index (κ3) is 4.46. The van der Waals surface area contributed by atoms with E-state index in [0.717, 1.165) is 53.8 Å². The van der Waals surface area contributed by atoms with Gasteiger partial charge in [0.15, 0.2) is 0 Å². The number of aromatic nitrogens is 2. The molecule has 0 radical (unpaired) electrons. The maximum atomic E-state index is 12.9. The molecular formula is C26H25BrClN3O. The summed E-state index contributed by atoms with van der Waals surface area (Å²) in [5.74, 6) is 0.890. The molecule has 0 saturated carbocycles. The number of likely N-dealkylation sites (tertiary alicyclic amines) is 1. The Balaban J connectivity index is 1.38. The highest BCUT2D eigenvalue weighted by atomic mass is 79.9. The summed E-state index contributed by atoms with van der Waals surface area (Å²) in [6, 6.07) is 12.4. The number of carbonyl (C=O) groups excluding carboxylic acids is 1. The predicted octanol–water partition coefficient (Wildman–Crippen LogP) is 5.60. The topological polar surface area (TPSA) is 46.1 Å². The van der Waals surface area contributed by atoms with Crippen LogP contribution in [0.4, 0.5) is 0 Å². The molecule has 1 aliphatic heterocycles. The summed E-state index contributed by atoms with van der Waals surface area (Å²) >= 11 is 9.95. The number of fused-ring (bicyclic) bond motifs is 2. The van der Waals surface area contributed by atoms with Crippen LogP contribution in [0.1, 0.15) is 46.7 Å². The molecule has 4 nitrogen and oxygen atoms in total. The van der Waals surface area contributed by atoms with Crippen molar-refractivity contribution in [3.05, 3.63) is 92.4 Å². The standard InChI is InChI=1S/C26H25BrClN3O/c27-21-14-20-2-1-19-15-22(28)3-4-23(19)25(26(20)30-16-21)18-7-11-31(12-8-18)24(32)13-17-5-9-29-10-6-17/h3-6,9-10,14-16,18,25H,1-2,7-8,11-13H2. The van der Waals surface area contributed by atoms with Crippen LogP contribution in [-0.4, -0.2) is 33.9 Å². The summed E-state index contributed by atoms with van der Waals surface area (Å²) in [7, 11) is 0. The number of rotatable bonds is 3. The molecule has 0 spiro atoms. The summed E-state index contributed by atoms with van der Waals surface area (Å²) in [5, 5.41) is 0.791. The van der Waals surface area contributed by atoms with Gasteiger partial charge in [-0.3, -0.25) is 14.8 Å². The van der Waals surface area contributed by atoms with E-state index in [-0.39, 0.29) is 11.8 Å². The van der Waals surface area contributed by atoms with E-state index in [9.17, 15) is 4.79 Å². The minimum atomic E-state index is 0.199. The van der Waals surface area contributed by atoms with E-state index < -0.39 is 0 Å². The van der Waals surface area contributed by atoms with Crippen molar-refractivity contribution in [3.8, 4) is 0 Å². The van der Waals surface area contributed by atoms with Crippen molar-refractivity contribution >= 4 is 33.4 Å². The Morgan fingerprint density at radius 1 is 1.06 bits per heavy atom. The second-order valence-corrected chi connectivity index (χ2v) is 10.1. The summed E-state index contributed by atoms with van der Waals surface area (Å²) in [5.41, 5.74) is 6.20. The Bertz CT molecular complexity index is 1080. The predicted molar refractivity (Wildman–Crippen MR) is 130 cm³/mol. The van der Waals surface area contributed by atoms with Crippen LogP contribution >= 0.6 is 27.5 Å². The molecule has 1 aromatic carbocycles. The molecule has 1 fully saturated rings. The highest BCUT2D eigenvalue weighted by molar-refractivity contribution is 9.10. The SMILES string of the molecule is O=C(Cc1ccncc1)N1CCC(C2c3ccc(Cl)cc3CCc3cc(Br)cnc32)CC1. The van der Waals surface area contributed by atoms with Crippen molar-refractivity contribution in [1.82, 2.24) is 14.9 Å². The first-order valence-corrected chi connectivity index (χ1v) is 12.3. The van der Waals surface area contributed by atoms with Gasteiger partial charge in [-0.05, 0) is 100 Å². The normalized spacial score (nSPS) is 18.6. The lowest BCUT2D eigenvalue weighted by Gasteiger charge is -2.37. The van der Waals surface area contributed by atoms with Gasteiger partial charge < -0.3 is 4.90 Å². The van der Waals surface area contributed by atoms with Crippen LogP contribution in [0, 0.1) is 5.92 Å².